The first-order valence-corrected chi connectivity index (χ1v) is 7.80. The first kappa shape index (κ1) is 16.8. The van der Waals surface area contributed by atoms with Crippen LogP contribution < -0.4 is 5.32 Å². The highest BCUT2D eigenvalue weighted by Crippen LogP contribution is 2.22. The van der Waals surface area contributed by atoms with E-state index in [-0.39, 0.29) is 11.7 Å². The lowest BCUT2D eigenvalue weighted by Crippen LogP contribution is -2.13. The molecule has 25 heavy (non-hydrogen) atoms. The summed E-state index contributed by atoms with van der Waals surface area (Å²) in [7, 11) is 1.65. The van der Waals surface area contributed by atoms with Gasteiger partial charge in [-0.3, -0.25) is 14.6 Å². The number of carbonyl (C=O) groups is 1. The second-order valence-electron chi connectivity index (χ2n) is 5.43. The predicted molar refractivity (Wildman–Crippen MR) is 90.7 cm³/mol. The standard InChI is InChI=1S/C17H18FN5O2/c1-25-10-2-8-23-9-7-15(22-23)20-17(24)14-11-19-21-16(14)12-3-5-13(18)6-4-12/h3-7,9,11H,2,8,10H2,1H3,(H,19,21)(H,20,22,24). The molecule has 0 aliphatic carbocycles. The van der Waals surface area contributed by atoms with E-state index in [1.165, 1.54) is 18.3 Å². The molecule has 0 fully saturated rings. The molecule has 0 aliphatic heterocycles. The zero-order valence-corrected chi connectivity index (χ0v) is 13.7. The summed E-state index contributed by atoms with van der Waals surface area (Å²) >= 11 is 0. The minimum absolute atomic E-state index is 0.338. The summed E-state index contributed by atoms with van der Waals surface area (Å²) in [6, 6.07) is 7.57. The number of ether oxygens (including phenoxy) is 1. The topological polar surface area (TPSA) is 84.8 Å². The summed E-state index contributed by atoms with van der Waals surface area (Å²) in [6.07, 6.45) is 4.06. The number of carbonyl (C=O) groups excluding carboxylic acids is 1. The van der Waals surface area contributed by atoms with Crippen molar-refractivity contribution in [3.8, 4) is 11.3 Å². The van der Waals surface area contributed by atoms with Crippen LogP contribution >= 0.6 is 0 Å². The number of nitrogens with zero attached hydrogens (tertiary/aromatic N) is 3. The van der Waals surface area contributed by atoms with Crippen LogP contribution in [0.15, 0.2) is 42.7 Å². The summed E-state index contributed by atoms with van der Waals surface area (Å²) in [6.45, 7) is 1.36. The Hall–Kier alpha value is -3.00. The van der Waals surface area contributed by atoms with Gasteiger partial charge in [0.15, 0.2) is 5.82 Å². The maximum absolute atomic E-state index is 13.1. The van der Waals surface area contributed by atoms with E-state index >= 15 is 0 Å². The largest absolute Gasteiger partial charge is 0.385 e. The van der Waals surface area contributed by atoms with E-state index in [9.17, 15) is 9.18 Å². The number of methoxy groups -OCH3 is 1. The molecule has 0 radical (unpaired) electrons. The van der Waals surface area contributed by atoms with Gasteiger partial charge in [0, 0.05) is 38.1 Å². The van der Waals surface area contributed by atoms with Gasteiger partial charge in [-0.05, 0) is 30.7 Å². The summed E-state index contributed by atoms with van der Waals surface area (Å²) in [5, 5.41) is 13.7. The Balaban J connectivity index is 1.70. The fourth-order valence-electron chi connectivity index (χ4n) is 2.40. The first-order chi connectivity index (χ1) is 12.2. The van der Waals surface area contributed by atoms with E-state index in [0.717, 1.165) is 6.42 Å². The molecule has 130 valence electrons. The van der Waals surface area contributed by atoms with Gasteiger partial charge in [0.05, 0.1) is 17.5 Å². The molecule has 8 heteroatoms. The van der Waals surface area contributed by atoms with Crippen LogP contribution in [0.25, 0.3) is 11.3 Å². The molecule has 0 atom stereocenters. The van der Waals surface area contributed by atoms with Crippen LogP contribution in [0, 0.1) is 5.82 Å². The van der Waals surface area contributed by atoms with Crippen LogP contribution in [0.5, 0.6) is 0 Å². The molecule has 3 rings (SSSR count). The van der Waals surface area contributed by atoms with Crippen molar-refractivity contribution in [3.05, 3.63) is 54.1 Å². The summed E-state index contributed by atoms with van der Waals surface area (Å²) in [5.41, 5.74) is 1.56. The van der Waals surface area contributed by atoms with Gasteiger partial charge in [-0.15, -0.1) is 0 Å². The van der Waals surface area contributed by atoms with Gasteiger partial charge < -0.3 is 10.1 Å². The van der Waals surface area contributed by atoms with Crippen LogP contribution in [0.3, 0.4) is 0 Å². The Morgan fingerprint density at radius 1 is 1.32 bits per heavy atom. The average molecular weight is 343 g/mol. The molecule has 1 aromatic carbocycles. The second-order valence-corrected chi connectivity index (χ2v) is 5.43. The number of aryl methyl sites for hydroxylation is 1. The highest BCUT2D eigenvalue weighted by Gasteiger charge is 2.16. The van der Waals surface area contributed by atoms with Crippen LogP contribution in [-0.4, -0.2) is 39.6 Å². The van der Waals surface area contributed by atoms with Crippen molar-refractivity contribution in [2.45, 2.75) is 13.0 Å². The molecular weight excluding hydrogens is 325 g/mol. The highest BCUT2D eigenvalue weighted by molar-refractivity contribution is 6.07. The van der Waals surface area contributed by atoms with Gasteiger partial charge in [-0.1, -0.05) is 0 Å². The monoisotopic (exact) mass is 343 g/mol. The summed E-state index contributed by atoms with van der Waals surface area (Å²) in [4.78, 5) is 12.5. The summed E-state index contributed by atoms with van der Waals surface area (Å²) < 4.78 is 19.8. The number of rotatable bonds is 7. The van der Waals surface area contributed by atoms with Gasteiger partial charge in [0.1, 0.15) is 5.82 Å². The lowest BCUT2D eigenvalue weighted by molar-refractivity contribution is 0.102. The van der Waals surface area contributed by atoms with Crippen molar-refractivity contribution in [1.29, 1.82) is 0 Å². The molecule has 2 N–H and O–H groups in total. The van der Waals surface area contributed by atoms with Gasteiger partial charge in [-0.2, -0.15) is 10.2 Å². The first-order valence-electron chi connectivity index (χ1n) is 7.80. The normalized spacial score (nSPS) is 10.8. The van der Waals surface area contributed by atoms with E-state index < -0.39 is 0 Å². The zero-order valence-electron chi connectivity index (χ0n) is 13.7. The fourth-order valence-corrected chi connectivity index (χ4v) is 2.40. The minimum atomic E-state index is -0.340. The van der Waals surface area contributed by atoms with Crippen molar-refractivity contribution in [2.24, 2.45) is 0 Å². The molecule has 0 aliphatic rings. The Bertz CT molecular complexity index is 841. The van der Waals surface area contributed by atoms with Gasteiger partial charge in [-0.25, -0.2) is 4.39 Å². The maximum atomic E-state index is 13.1. The molecule has 0 spiro atoms. The quantitative estimate of drug-likeness (QED) is 0.646. The fraction of sp³-hybridized carbons (Fsp3) is 0.235. The summed E-state index contributed by atoms with van der Waals surface area (Å²) in [5.74, 6) is -0.225. The third kappa shape index (κ3) is 4.10. The molecule has 0 saturated carbocycles. The average Bonchev–Trinajstić information content (AvgIpc) is 3.25. The number of nitrogens with one attached hydrogen (secondary N) is 2. The smallest absolute Gasteiger partial charge is 0.260 e. The number of halogens is 1. The molecule has 3 aromatic rings. The van der Waals surface area contributed by atoms with Crippen LogP contribution in [0.1, 0.15) is 16.8 Å². The third-order valence-electron chi connectivity index (χ3n) is 3.63. The Morgan fingerprint density at radius 3 is 2.88 bits per heavy atom. The zero-order chi connectivity index (χ0) is 17.6. The number of hydrogen-bond acceptors (Lipinski definition) is 4. The number of hydrogen-bond donors (Lipinski definition) is 2. The van der Waals surface area contributed by atoms with Gasteiger partial charge in [0.2, 0.25) is 0 Å². The molecule has 7 nitrogen and oxygen atoms in total. The highest BCUT2D eigenvalue weighted by atomic mass is 19.1. The number of benzene rings is 1. The van der Waals surface area contributed by atoms with Crippen molar-refractivity contribution >= 4 is 11.7 Å². The number of anilines is 1. The van der Waals surface area contributed by atoms with Crippen LogP contribution in [-0.2, 0) is 11.3 Å². The van der Waals surface area contributed by atoms with E-state index in [4.69, 9.17) is 4.74 Å². The van der Waals surface area contributed by atoms with Crippen LogP contribution in [0.4, 0.5) is 10.2 Å². The van der Waals surface area contributed by atoms with Crippen molar-refractivity contribution in [3.63, 3.8) is 0 Å². The Morgan fingerprint density at radius 2 is 2.12 bits per heavy atom. The maximum Gasteiger partial charge on any atom is 0.260 e. The Labute approximate surface area is 143 Å². The predicted octanol–water partition coefficient (Wildman–Crippen LogP) is 2.70. The molecule has 2 aromatic heterocycles. The van der Waals surface area contributed by atoms with E-state index in [0.29, 0.717) is 35.8 Å². The Kier molecular flexibility index (Phi) is 5.20. The molecular formula is C17H18FN5O2. The number of aromatic amines is 1. The van der Waals surface area contributed by atoms with Gasteiger partial charge in [0.25, 0.3) is 5.91 Å². The second kappa shape index (κ2) is 7.71. The molecule has 0 bridgehead atoms. The lowest BCUT2D eigenvalue weighted by atomic mass is 10.1. The van der Waals surface area contributed by atoms with Gasteiger partial charge >= 0.3 is 0 Å². The molecule has 1 amide bonds. The molecule has 0 unspecified atom stereocenters. The number of amides is 1. The van der Waals surface area contributed by atoms with E-state index in [2.05, 4.69) is 20.6 Å². The number of H-pyrrole nitrogens is 1. The third-order valence-corrected chi connectivity index (χ3v) is 3.63. The van der Waals surface area contributed by atoms with Crippen molar-refractivity contribution in [1.82, 2.24) is 20.0 Å². The molecule has 0 saturated heterocycles. The SMILES string of the molecule is COCCCn1ccc(NC(=O)c2cn[nH]c2-c2ccc(F)cc2)n1. The molecule has 2 heterocycles. The number of aromatic nitrogens is 4. The van der Waals surface area contributed by atoms with Crippen molar-refractivity contribution < 1.29 is 13.9 Å². The van der Waals surface area contributed by atoms with E-state index in [1.54, 1.807) is 36.2 Å². The minimum Gasteiger partial charge on any atom is -0.385 e. The van der Waals surface area contributed by atoms with E-state index in [1.807, 2.05) is 0 Å². The van der Waals surface area contributed by atoms with Crippen molar-refractivity contribution in [2.75, 3.05) is 19.0 Å². The van der Waals surface area contributed by atoms with Crippen LogP contribution in [0.2, 0.25) is 0 Å². The lowest BCUT2D eigenvalue weighted by Gasteiger charge is -2.04.